The fourth-order valence-corrected chi connectivity index (χ4v) is 36.0. The first-order chi connectivity index (χ1) is 19.8. The summed E-state index contributed by atoms with van der Waals surface area (Å²) < 4.78 is 8.59. The third-order valence-electron chi connectivity index (χ3n) is 11.4. The summed E-state index contributed by atoms with van der Waals surface area (Å²) in [5.41, 5.74) is 10.9. The Hall–Kier alpha value is -2.12. The first-order valence-corrected chi connectivity index (χ1v) is 29.7. The van der Waals surface area contributed by atoms with E-state index in [1.807, 2.05) is 3.26 Å². The second-order valence-electron chi connectivity index (χ2n) is 16.6. The molecule has 220 valence electrons. The van der Waals surface area contributed by atoms with Gasteiger partial charge in [0.1, 0.15) is 0 Å². The third-order valence-corrected chi connectivity index (χ3v) is 37.3. The van der Waals surface area contributed by atoms with E-state index in [0.29, 0.717) is 13.3 Å². The van der Waals surface area contributed by atoms with Gasteiger partial charge < -0.3 is 0 Å². The maximum absolute atomic E-state index is 4.27. The molecule has 0 bridgehead atoms. The fraction of sp³-hybridized carbons (Fsp3) is 0.439. The molecule has 0 radical (unpaired) electrons. The molecule has 3 aromatic rings. The van der Waals surface area contributed by atoms with E-state index >= 15 is 0 Å². The number of hydrogen-bond acceptors (Lipinski definition) is 0. The molecule has 0 unspecified atom stereocenters. The van der Waals surface area contributed by atoms with Gasteiger partial charge in [0.25, 0.3) is 0 Å². The van der Waals surface area contributed by atoms with Crippen LogP contribution in [0.1, 0.15) is 105 Å². The molecule has 0 heterocycles. The molecule has 0 aromatic heterocycles. The Morgan fingerprint density at radius 2 is 1.14 bits per heavy atom. The van der Waals surface area contributed by atoms with Crippen LogP contribution in [0.4, 0.5) is 0 Å². The van der Waals surface area contributed by atoms with Crippen molar-refractivity contribution in [3.05, 3.63) is 119 Å². The van der Waals surface area contributed by atoms with Gasteiger partial charge in [-0.25, -0.2) is 0 Å². The Morgan fingerprint density at radius 3 is 1.62 bits per heavy atom. The molecule has 0 saturated heterocycles. The topological polar surface area (TPSA) is 0 Å². The zero-order valence-corrected chi connectivity index (χ0v) is 31.0. The molecule has 1 fully saturated rings. The van der Waals surface area contributed by atoms with Crippen LogP contribution >= 0.6 is 0 Å². The van der Waals surface area contributed by atoms with E-state index in [1.54, 1.807) is 11.1 Å². The van der Waals surface area contributed by atoms with Gasteiger partial charge in [-0.3, -0.25) is 0 Å². The second-order valence-corrected chi connectivity index (χ2v) is 41.7. The minimum atomic E-state index is -4.27. The van der Waals surface area contributed by atoms with Crippen molar-refractivity contribution in [3.63, 3.8) is 0 Å². The number of rotatable bonds is 4. The molecular weight excluding hydrogens is 671 g/mol. The zero-order valence-electron chi connectivity index (χ0n) is 27.4. The van der Waals surface area contributed by atoms with Crippen molar-refractivity contribution in [1.82, 2.24) is 0 Å². The van der Waals surface area contributed by atoms with Crippen LogP contribution in [-0.4, -0.2) is 3.26 Å². The van der Waals surface area contributed by atoms with Gasteiger partial charge in [-0.1, -0.05) is 0 Å². The van der Waals surface area contributed by atoms with Crippen LogP contribution in [0, 0.1) is 5.92 Å². The molecule has 0 amide bonds. The standard InChI is InChI=1S/C21H25.C13H16.C5H5.2CH3.Hf/c1-20(2,3)16-7-9-18-14(12-16)11-15-13-17(21(4,5)6)8-10-19(15)18;1-3-7-12(8-4-1)11-13-9-5-2-6-10-13;1-2-4-5-3-1;;;/h7-13H,1-6H3;1,3-4,7-8,13H,2,5-6,9-10H2;1-5H;2*1H3;. The molecule has 0 atom stereocenters. The van der Waals surface area contributed by atoms with E-state index in [-0.39, 0.29) is 10.8 Å². The molecule has 0 N–H and O–H groups in total. The normalized spacial score (nSPS) is 18.4. The summed E-state index contributed by atoms with van der Waals surface area (Å²) in [5, 5.41) is 0. The van der Waals surface area contributed by atoms with Gasteiger partial charge in [0, 0.05) is 0 Å². The number of hydrogen-bond donors (Lipinski definition) is 0. The maximum atomic E-state index is 2.87. The van der Waals surface area contributed by atoms with E-state index in [0.717, 1.165) is 0 Å². The molecule has 6 rings (SSSR count). The Morgan fingerprint density at radius 1 is 0.643 bits per heavy atom. The van der Waals surface area contributed by atoms with Crippen molar-refractivity contribution in [1.29, 1.82) is 0 Å². The van der Waals surface area contributed by atoms with E-state index in [4.69, 9.17) is 0 Å². The van der Waals surface area contributed by atoms with Crippen molar-refractivity contribution in [2.75, 3.05) is 0 Å². The van der Waals surface area contributed by atoms with E-state index in [1.165, 1.54) is 59.9 Å². The molecule has 0 nitrogen and oxygen atoms in total. The average Bonchev–Trinajstić information content (AvgIpc) is 3.61. The van der Waals surface area contributed by atoms with Gasteiger partial charge in [-0.15, -0.1) is 0 Å². The van der Waals surface area contributed by atoms with Crippen molar-refractivity contribution >= 4 is 3.26 Å². The Balaban J connectivity index is 1.79. The quantitative estimate of drug-likeness (QED) is 0.235. The fourth-order valence-electron chi connectivity index (χ4n) is 9.05. The predicted molar refractivity (Wildman–Crippen MR) is 182 cm³/mol. The van der Waals surface area contributed by atoms with Crippen LogP contribution in [0.15, 0.2) is 91.0 Å². The molecule has 3 aliphatic carbocycles. The monoisotopic (exact) mass is 724 g/mol. The summed E-state index contributed by atoms with van der Waals surface area (Å²) in [6.07, 6.45) is 16.7. The van der Waals surface area contributed by atoms with Gasteiger partial charge in [-0.2, -0.15) is 0 Å². The van der Waals surface area contributed by atoms with Gasteiger partial charge in [-0.05, 0) is 0 Å². The van der Waals surface area contributed by atoms with Crippen LogP contribution in [0.5, 0.6) is 0 Å². The first kappa shape index (κ1) is 29.9. The van der Waals surface area contributed by atoms with Crippen LogP contribution in [0.2, 0.25) is 13.0 Å². The molecule has 42 heavy (non-hydrogen) atoms. The summed E-state index contributed by atoms with van der Waals surface area (Å²) in [6, 6.07) is 26.8. The van der Waals surface area contributed by atoms with Crippen molar-refractivity contribution in [2.24, 2.45) is 5.92 Å². The Kier molecular flexibility index (Phi) is 7.48. The summed E-state index contributed by atoms with van der Waals surface area (Å²) in [4.78, 5) is 0. The van der Waals surface area contributed by atoms with E-state index in [9.17, 15) is 0 Å². The van der Waals surface area contributed by atoms with Gasteiger partial charge >= 0.3 is 258 Å². The van der Waals surface area contributed by atoms with E-state index < -0.39 is 18.0 Å². The zero-order chi connectivity index (χ0) is 29.9. The Labute approximate surface area is 256 Å². The van der Waals surface area contributed by atoms with Crippen molar-refractivity contribution in [2.45, 2.75) is 101 Å². The van der Waals surface area contributed by atoms with Gasteiger partial charge in [0.15, 0.2) is 0 Å². The van der Waals surface area contributed by atoms with Gasteiger partial charge in [0.05, 0.1) is 0 Å². The molecular formula is C41H52Hf. The Bertz CT molecular complexity index is 1540. The van der Waals surface area contributed by atoms with Gasteiger partial charge in [0.2, 0.25) is 0 Å². The first-order valence-electron chi connectivity index (χ1n) is 16.6. The van der Waals surface area contributed by atoms with E-state index in [2.05, 4.69) is 142 Å². The van der Waals surface area contributed by atoms with Crippen molar-refractivity contribution < 1.29 is 18.0 Å². The molecule has 0 aliphatic heterocycles. The van der Waals surface area contributed by atoms with Crippen LogP contribution < -0.4 is 0 Å². The molecule has 1 saturated carbocycles. The van der Waals surface area contributed by atoms with Crippen LogP contribution in [0.3, 0.4) is 0 Å². The summed E-state index contributed by atoms with van der Waals surface area (Å²) in [7, 11) is 0. The SMILES string of the molecule is CC(C)(C)c1ccc2c(c1)[CH]([Hf]([CH3])([CH3])(=[C](c1ccccc1)C1CCCCC1)[CH]1C=CC=C1)c1cc(C(C)(C)C)ccc1-2. The summed E-state index contributed by atoms with van der Waals surface area (Å²) in [5.74, 6) is 0.679. The molecule has 0 spiro atoms. The summed E-state index contributed by atoms with van der Waals surface area (Å²) >= 11 is -4.27. The number of fused-ring (bicyclic) bond motifs is 3. The predicted octanol–water partition coefficient (Wildman–Crippen LogP) is 11.9. The minimum absolute atomic E-state index is 0.112. The third kappa shape index (κ3) is 4.87. The average molecular weight is 723 g/mol. The molecule has 3 aromatic carbocycles. The molecule has 1 heteroatoms. The second kappa shape index (κ2) is 10.5. The molecule has 3 aliphatic rings. The number of allylic oxidation sites excluding steroid dienone is 4. The van der Waals surface area contributed by atoms with Crippen LogP contribution in [0.25, 0.3) is 11.1 Å². The number of benzene rings is 3. The van der Waals surface area contributed by atoms with Crippen LogP contribution in [-0.2, 0) is 28.8 Å². The van der Waals surface area contributed by atoms with Crippen molar-refractivity contribution in [3.8, 4) is 11.1 Å². The summed E-state index contributed by atoms with van der Waals surface area (Å²) in [6.45, 7) is 14.3.